The minimum Gasteiger partial charge on any atom is -0.480 e. The van der Waals surface area contributed by atoms with Crippen molar-refractivity contribution in [1.29, 1.82) is 0 Å². The molecule has 0 saturated carbocycles. The van der Waals surface area contributed by atoms with Crippen molar-refractivity contribution in [3.8, 4) is 0 Å². The summed E-state index contributed by atoms with van der Waals surface area (Å²) in [5.74, 6) is -0.190. The molecule has 1 aromatic rings. The molecule has 0 radical (unpaired) electrons. The summed E-state index contributed by atoms with van der Waals surface area (Å²) in [6, 6.07) is -0.548. The molecule has 1 heterocycles. The van der Waals surface area contributed by atoms with Crippen molar-refractivity contribution in [1.82, 2.24) is 9.55 Å². The second kappa shape index (κ2) is 6.15. The van der Waals surface area contributed by atoms with E-state index in [0.29, 0.717) is 12.4 Å². The third kappa shape index (κ3) is 3.25. The van der Waals surface area contributed by atoms with Gasteiger partial charge in [0, 0.05) is 18.9 Å². The second-order valence-corrected chi connectivity index (χ2v) is 3.71. The number of aromatic nitrogens is 2. The van der Waals surface area contributed by atoms with Gasteiger partial charge >= 0.3 is 5.97 Å². The van der Waals surface area contributed by atoms with Crippen LogP contribution in [0, 0.1) is 0 Å². The highest BCUT2D eigenvalue weighted by molar-refractivity contribution is 5.76. The van der Waals surface area contributed by atoms with Crippen LogP contribution in [0.5, 0.6) is 0 Å². The first kappa shape index (κ1) is 12.5. The van der Waals surface area contributed by atoms with E-state index >= 15 is 0 Å². The Balaban J connectivity index is 2.64. The molecule has 2 N–H and O–H groups in total. The molecule has 0 fully saturated rings. The third-order valence-corrected chi connectivity index (χ3v) is 2.50. The van der Waals surface area contributed by atoms with Gasteiger partial charge in [0.1, 0.15) is 6.04 Å². The molecule has 1 unspecified atom stereocenters. The predicted molar refractivity (Wildman–Crippen MR) is 62.5 cm³/mol. The molecule has 1 aromatic heterocycles. The third-order valence-electron chi connectivity index (χ3n) is 2.50. The number of imidazole rings is 1. The maximum absolute atomic E-state index is 11.0. The Morgan fingerprint density at radius 1 is 1.62 bits per heavy atom. The maximum atomic E-state index is 11.0. The van der Waals surface area contributed by atoms with Crippen LogP contribution < -0.4 is 5.32 Å². The maximum Gasteiger partial charge on any atom is 0.326 e. The standard InChI is InChI=1S/C11H19N3O2/c1-3-5-6-9(10(15)16)13-11-12-7-8-14(11)4-2/h7-9H,3-6H2,1-2H3,(H,12,13)(H,15,16). The fourth-order valence-electron chi connectivity index (χ4n) is 1.53. The van der Waals surface area contributed by atoms with Gasteiger partial charge in [-0.1, -0.05) is 19.8 Å². The first-order valence-electron chi connectivity index (χ1n) is 5.69. The summed E-state index contributed by atoms with van der Waals surface area (Å²) >= 11 is 0. The van der Waals surface area contributed by atoms with Gasteiger partial charge in [0.05, 0.1) is 0 Å². The SMILES string of the molecule is CCCCC(Nc1nccn1CC)C(=O)O. The number of aliphatic carboxylic acids is 1. The lowest BCUT2D eigenvalue weighted by Gasteiger charge is -2.15. The van der Waals surface area contributed by atoms with Gasteiger partial charge in [0.25, 0.3) is 0 Å². The van der Waals surface area contributed by atoms with Gasteiger partial charge in [0.15, 0.2) is 0 Å². The smallest absolute Gasteiger partial charge is 0.326 e. The van der Waals surface area contributed by atoms with Crippen LogP contribution >= 0.6 is 0 Å². The molecule has 0 aliphatic heterocycles. The van der Waals surface area contributed by atoms with E-state index in [2.05, 4.69) is 10.3 Å². The van der Waals surface area contributed by atoms with Gasteiger partial charge in [-0.2, -0.15) is 0 Å². The Morgan fingerprint density at radius 2 is 2.38 bits per heavy atom. The summed E-state index contributed by atoms with van der Waals surface area (Å²) < 4.78 is 1.89. The number of nitrogens with zero attached hydrogens (tertiary/aromatic N) is 2. The average molecular weight is 225 g/mol. The first-order valence-corrected chi connectivity index (χ1v) is 5.69. The fraction of sp³-hybridized carbons (Fsp3) is 0.636. The number of carboxylic acids is 1. The van der Waals surface area contributed by atoms with Crippen LogP contribution in [0.3, 0.4) is 0 Å². The number of unbranched alkanes of at least 4 members (excludes halogenated alkanes) is 1. The van der Waals surface area contributed by atoms with Crippen LogP contribution in [0.25, 0.3) is 0 Å². The van der Waals surface area contributed by atoms with E-state index in [4.69, 9.17) is 5.11 Å². The lowest BCUT2D eigenvalue weighted by atomic mass is 10.1. The predicted octanol–water partition coefficient (Wildman–Crippen LogP) is 1.96. The van der Waals surface area contributed by atoms with E-state index in [0.717, 1.165) is 19.4 Å². The lowest BCUT2D eigenvalue weighted by Crippen LogP contribution is -2.30. The highest BCUT2D eigenvalue weighted by atomic mass is 16.4. The Bertz CT molecular complexity index is 336. The van der Waals surface area contributed by atoms with E-state index in [-0.39, 0.29) is 0 Å². The number of carbonyl (C=O) groups is 1. The molecular weight excluding hydrogens is 206 g/mol. The van der Waals surface area contributed by atoms with Crippen LogP contribution in [0.15, 0.2) is 12.4 Å². The summed E-state index contributed by atoms with van der Waals surface area (Å²) in [6.45, 7) is 4.82. The molecule has 16 heavy (non-hydrogen) atoms. The van der Waals surface area contributed by atoms with E-state index < -0.39 is 12.0 Å². The number of nitrogens with one attached hydrogen (secondary N) is 1. The van der Waals surface area contributed by atoms with E-state index in [9.17, 15) is 4.79 Å². The Labute approximate surface area is 95.5 Å². The number of anilines is 1. The van der Waals surface area contributed by atoms with Gasteiger partial charge in [-0.15, -0.1) is 0 Å². The topological polar surface area (TPSA) is 67.2 Å². The normalized spacial score (nSPS) is 12.4. The highest BCUT2D eigenvalue weighted by Crippen LogP contribution is 2.10. The fourth-order valence-corrected chi connectivity index (χ4v) is 1.53. The van der Waals surface area contributed by atoms with Crippen molar-refractivity contribution < 1.29 is 9.90 Å². The number of carboxylic acid groups (broad SMARTS) is 1. The monoisotopic (exact) mass is 225 g/mol. The molecule has 1 rings (SSSR count). The quantitative estimate of drug-likeness (QED) is 0.744. The Hall–Kier alpha value is -1.52. The van der Waals surface area contributed by atoms with Crippen LogP contribution in [0.4, 0.5) is 5.95 Å². The first-order chi connectivity index (χ1) is 7.69. The molecule has 0 spiro atoms. The molecule has 90 valence electrons. The summed E-state index contributed by atoms with van der Waals surface area (Å²) in [5, 5.41) is 12.0. The molecule has 0 aliphatic rings. The molecular formula is C11H19N3O2. The summed E-state index contributed by atoms with van der Waals surface area (Å²) in [5.41, 5.74) is 0. The molecule has 5 nitrogen and oxygen atoms in total. The summed E-state index contributed by atoms with van der Waals surface area (Å²) in [4.78, 5) is 15.1. The van der Waals surface area contributed by atoms with Crippen molar-refractivity contribution in [2.75, 3.05) is 5.32 Å². The van der Waals surface area contributed by atoms with Crippen molar-refractivity contribution in [2.24, 2.45) is 0 Å². The Kier molecular flexibility index (Phi) is 4.82. The largest absolute Gasteiger partial charge is 0.480 e. The van der Waals surface area contributed by atoms with Crippen LogP contribution in [0.1, 0.15) is 33.1 Å². The number of aryl methyl sites for hydroxylation is 1. The van der Waals surface area contributed by atoms with Crippen molar-refractivity contribution in [2.45, 2.75) is 45.7 Å². The number of rotatable bonds is 7. The van der Waals surface area contributed by atoms with Gasteiger partial charge in [-0.3, -0.25) is 0 Å². The van der Waals surface area contributed by atoms with Crippen LogP contribution in [-0.4, -0.2) is 26.7 Å². The van der Waals surface area contributed by atoms with Crippen molar-refractivity contribution in [3.63, 3.8) is 0 Å². The van der Waals surface area contributed by atoms with Crippen LogP contribution in [-0.2, 0) is 11.3 Å². The van der Waals surface area contributed by atoms with Gasteiger partial charge in [-0.25, -0.2) is 9.78 Å². The van der Waals surface area contributed by atoms with Crippen LogP contribution in [0.2, 0.25) is 0 Å². The second-order valence-electron chi connectivity index (χ2n) is 3.71. The minimum atomic E-state index is -0.820. The lowest BCUT2D eigenvalue weighted by molar-refractivity contribution is -0.138. The molecule has 0 aliphatic carbocycles. The summed E-state index contributed by atoms with van der Waals surface area (Å²) in [7, 11) is 0. The zero-order chi connectivity index (χ0) is 12.0. The van der Waals surface area contributed by atoms with E-state index in [1.54, 1.807) is 6.20 Å². The van der Waals surface area contributed by atoms with Crippen molar-refractivity contribution in [3.05, 3.63) is 12.4 Å². The molecule has 0 bridgehead atoms. The molecule has 0 saturated heterocycles. The summed E-state index contributed by atoms with van der Waals surface area (Å²) in [6.07, 6.45) is 6.03. The minimum absolute atomic E-state index is 0.548. The number of hydrogen-bond donors (Lipinski definition) is 2. The Morgan fingerprint density at radius 3 is 2.94 bits per heavy atom. The molecule has 0 aromatic carbocycles. The number of hydrogen-bond acceptors (Lipinski definition) is 3. The van der Waals surface area contributed by atoms with E-state index in [1.807, 2.05) is 24.6 Å². The van der Waals surface area contributed by atoms with Gasteiger partial charge in [-0.05, 0) is 13.3 Å². The zero-order valence-electron chi connectivity index (χ0n) is 9.81. The van der Waals surface area contributed by atoms with Gasteiger partial charge < -0.3 is 15.0 Å². The molecule has 5 heteroatoms. The average Bonchev–Trinajstić information content (AvgIpc) is 2.70. The highest BCUT2D eigenvalue weighted by Gasteiger charge is 2.18. The zero-order valence-corrected chi connectivity index (χ0v) is 9.81. The van der Waals surface area contributed by atoms with E-state index in [1.165, 1.54) is 0 Å². The molecule has 1 atom stereocenters. The van der Waals surface area contributed by atoms with Gasteiger partial charge in [0.2, 0.25) is 5.95 Å². The van der Waals surface area contributed by atoms with Crippen molar-refractivity contribution >= 4 is 11.9 Å². The molecule has 0 amide bonds.